The standard InChI is InChI=1S/C18H30OSi/c1-8-10-16(12-14-18(3,4)19)17(11-9-2)13-15-20(5,6)7/h19H,8-11H2,1-7H3/b17-16+. The van der Waals surface area contributed by atoms with Crippen molar-refractivity contribution < 1.29 is 5.11 Å². The van der Waals surface area contributed by atoms with Gasteiger partial charge in [0.25, 0.3) is 0 Å². The van der Waals surface area contributed by atoms with E-state index in [9.17, 15) is 5.11 Å². The van der Waals surface area contributed by atoms with E-state index in [1.54, 1.807) is 13.8 Å². The van der Waals surface area contributed by atoms with Gasteiger partial charge >= 0.3 is 0 Å². The Labute approximate surface area is 126 Å². The minimum Gasteiger partial charge on any atom is -0.378 e. The van der Waals surface area contributed by atoms with E-state index in [-0.39, 0.29) is 0 Å². The fourth-order valence-electron chi connectivity index (χ4n) is 1.57. The smallest absolute Gasteiger partial charge is 0.129 e. The molecule has 0 aliphatic heterocycles. The lowest BCUT2D eigenvalue weighted by atomic mass is 9.99. The molecule has 0 bridgehead atoms. The maximum Gasteiger partial charge on any atom is 0.129 e. The van der Waals surface area contributed by atoms with E-state index < -0.39 is 13.7 Å². The molecule has 0 radical (unpaired) electrons. The molecule has 0 saturated heterocycles. The summed E-state index contributed by atoms with van der Waals surface area (Å²) in [5, 5.41) is 9.78. The first-order chi connectivity index (χ1) is 9.09. The van der Waals surface area contributed by atoms with Crippen LogP contribution < -0.4 is 0 Å². The number of hydrogen-bond donors (Lipinski definition) is 1. The van der Waals surface area contributed by atoms with Crippen LogP contribution in [-0.4, -0.2) is 18.8 Å². The maximum atomic E-state index is 9.78. The Bertz CT molecular complexity index is 406. The van der Waals surface area contributed by atoms with Gasteiger partial charge < -0.3 is 5.11 Å². The van der Waals surface area contributed by atoms with E-state index in [1.165, 1.54) is 5.57 Å². The molecular formula is C18H30OSi. The lowest BCUT2D eigenvalue weighted by Crippen LogP contribution is -2.16. The lowest BCUT2D eigenvalue weighted by molar-refractivity contribution is 0.143. The van der Waals surface area contributed by atoms with Crippen LogP contribution in [0.2, 0.25) is 19.6 Å². The normalized spacial score (nSPS) is 12.8. The average molecular weight is 291 g/mol. The van der Waals surface area contributed by atoms with Crippen molar-refractivity contribution >= 4 is 8.07 Å². The van der Waals surface area contributed by atoms with Gasteiger partial charge in [0.2, 0.25) is 0 Å². The number of hydrogen-bond acceptors (Lipinski definition) is 1. The van der Waals surface area contributed by atoms with Crippen molar-refractivity contribution in [3.63, 3.8) is 0 Å². The third kappa shape index (κ3) is 9.90. The highest BCUT2D eigenvalue weighted by Crippen LogP contribution is 2.16. The Morgan fingerprint density at radius 3 is 1.75 bits per heavy atom. The van der Waals surface area contributed by atoms with E-state index in [0.29, 0.717) is 0 Å². The molecule has 0 aliphatic rings. The molecule has 0 aliphatic carbocycles. The summed E-state index contributed by atoms with van der Waals surface area (Å²) in [7, 11) is -1.37. The fraction of sp³-hybridized carbons (Fsp3) is 0.667. The monoisotopic (exact) mass is 290 g/mol. The Kier molecular flexibility index (Phi) is 7.95. The summed E-state index contributed by atoms with van der Waals surface area (Å²) in [6, 6.07) is 0. The first-order valence-corrected chi connectivity index (χ1v) is 11.1. The SMILES string of the molecule is CCC/C(C#CC(C)(C)O)=C(\C#C[Si](C)(C)C)CCC. The fourth-order valence-corrected chi connectivity index (χ4v) is 2.09. The molecule has 20 heavy (non-hydrogen) atoms. The third-order valence-electron chi connectivity index (χ3n) is 2.47. The highest BCUT2D eigenvalue weighted by Gasteiger charge is 2.10. The van der Waals surface area contributed by atoms with Gasteiger partial charge in [-0.1, -0.05) is 64.1 Å². The Morgan fingerprint density at radius 1 is 0.950 bits per heavy atom. The van der Waals surface area contributed by atoms with Gasteiger partial charge in [0, 0.05) is 11.1 Å². The van der Waals surface area contributed by atoms with E-state index in [1.807, 2.05) is 0 Å². The number of rotatable bonds is 4. The van der Waals surface area contributed by atoms with Crippen molar-refractivity contribution in [3.8, 4) is 23.3 Å². The van der Waals surface area contributed by atoms with Crippen molar-refractivity contribution in [1.82, 2.24) is 0 Å². The van der Waals surface area contributed by atoms with Gasteiger partial charge in [-0.05, 0) is 26.7 Å². The van der Waals surface area contributed by atoms with Crippen LogP contribution in [0.5, 0.6) is 0 Å². The molecule has 0 aromatic carbocycles. The topological polar surface area (TPSA) is 20.2 Å². The molecule has 0 spiro atoms. The van der Waals surface area contributed by atoms with Gasteiger partial charge in [-0.3, -0.25) is 0 Å². The molecule has 0 rings (SSSR count). The summed E-state index contributed by atoms with van der Waals surface area (Å²) in [6.07, 6.45) is 4.05. The van der Waals surface area contributed by atoms with E-state index in [0.717, 1.165) is 31.3 Å². The van der Waals surface area contributed by atoms with Crippen molar-refractivity contribution in [2.45, 2.75) is 78.6 Å². The summed E-state index contributed by atoms with van der Waals surface area (Å²) >= 11 is 0. The zero-order chi connectivity index (χ0) is 15.8. The molecule has 2 heteroatoms. The summed E-state index contributed by atoms with van der Waals surface area (Å²) in [6.45, 7) is 14.5. The molecule has 1 nitrogen and oxygen atoms in total. The minimum atomic E-state index is -1.37. The first-order valence-electron chi connectivity index (χ1n) is 7.59. The van der Waals surface area contributed by atoms with E-state index in [4.69, 9.17) is 0 Å². The van der Waals surface area contributed by atoms with Crippen molar-refractivity contribution in [2.75, 3.05) is 0 Å². The van der Waals surface area contributed by atoms with Crippen LogP contribution in [0.3, 0.4) is 0 Å². The van der Waals surface area contributed by atoms with Gasteiger partial charge in [-0.25, -0.2) is 0 Å². The predicted octanol–water partition coefficient (Wildman–Crippen LogP) is 4.54. The molecule has 0 saturated carbocycles. The van der Waals surface area contributed by atoms with Gasteiger partial charge in [0.15, 0.2) is 0 Å². The van der Waals surface area contributed by atoms with Gasteiger partial charge in [-0.15, -0.1) is 5.54 Å². The molecule has 112 valence electrons. The molecular weight excluding hydrogens is 260 g/mol. The Hall–Kier alpha value is -0.963. The second-order valence-corrected chi connectivity index (χ2v) is 11.5. The van der Waals surface area contributed by atoms with Crippen LogP contribution >= 0.6 is 0 Å². The van der Waals surface area contributed by atoms with Crippen LogP contribution in [-0.2, 0) is 0 Å². The largest absolute Gasteiger partial charge is 0.378 e. The second kappa shape index (κ2) is 8.35. The van der Waals surface area contributed by atoms with Crippen molar-refractivity contribution in [2.24, 2.45) is 0 Å². The lowest BCUT2D eigenvalue weighted by Gasteiger charge is -2.09. The van der Waals surface area contributed by atoms with Crippen molar-refractivity contribution in [3.05, 3.63) is 11.1 Å². The number of aliphatic hydroxyl groups is 1. The Morgan fingerprint density at radius 2 is 1.40 bits per heavy atom. The summed E-state index contributed by atoms with van der Waals surface area (Å²) in [5.41, 5.74) is 4.79. The molecule has 1 N–H and O–H groups in total. The van der Waals surface area contributed by atoms with Crippen LogP contribution in [0, 0.1) is 23.3 Å². The van der Waals surface area contributed by atoms with Crippen LogP contribution in [0.15, 0.2) is 11.1 Å². The van der Waals surface area contributed by atoms with Gasteiger partial charge in [0.05, 0.1) is 0 Å². The molecule has 0 fully saturated rings. The van der Waals surface area contributed by atoms with Crippen LogP contribution in [0.4, 0.5) is 0 Å². The first kappa shape index (κ1) is 19.0. The average Bonchev–Trinajstić information content (AvgIpc) is 2.28. The minimum absolute atomic E-state index is 0.942. The molecule has 0 aromatic heterocycles. The third-order valence-corrected chi connectivity index (χ3v) is 3.35. The maximum absolute atomic E-state index is 9.78. The van der Waals surface area contributed by atoms with Crippen LogP contribution in [0.25, 0.3) is 0 Å². The summed E-state index contributed by atoms with van der Waals surface area (Å²) < 4.78 is 0. The van der Waals surface area contributed by atoms with Gasteiger partial charge in [-0.2, -0.15) is 0 Å². The Balaban J connectivity index is 5.63. The van der Waals surface area contributed by atoms with Gasteiger partial charge in [0.1, 0.15) is 13.7 Å². The summed E-state index contributed by atoms with van der Waals surface area (Å²) in [4.78, 5) is 0. The second-order valence-electron chi connectivity index (χ2n) is 6.77. The number of allylic oxidation sites excluding steroid dienone is 2. The highest BCUT2D eigenvalue weighted by molar-refractivity contribution is 6.83. The zero-order valence-corrected chi connectivity index (χ0v) is 15.3. The highest BCUT2D eigenvalue weighted by atomic mass is 28.3. The molecule has 0 atom stereocenters. The molecule has 0 unspecified atom stereocenters. The molecule has 0 heterocycles. The van der Waals surface area contributed by atoms with E-state index in [2.05, 4.69) is 56.8 Å². The molecule has 0 aromatic rings. The van der Waals surface area contributed by atoms with Crippen molar-refractivity contribution in [1.29, 1.82) is 0 Å². The molecule has 0 amide bonds. The van der Waals surface area contributed by atoms with E-state index >= 15 is 0 Å². The predicted molar refractivity (Wildman–Crippen MR) is 92.0 cm³/mol. The van der Waals surface area contributed by atoms with Crippen LogP contribution in [0.1, 0.15) is 53.4 Å². The summed E-state index contributed by atoms with van der Waals surface area (Å²) in [5.74, 6) is 9.50. The quantitative estimate of drug-likeness (QED) is 0.595. The zero-order valence-electron chi connectivity index (χ0n) is 14.3.